The summed E-state index contributed by atoms with van der Waals surface area (Å²) in [6, 6.07) is 17.2. The quantitative estimate of drug-likeness (QED) is 0.163. The fourth-order valence-corrected chi connectivity index (χ4v) is 5.99. The molecule has 3 heterocycles. The van der Waals surface area contributed by atoms with Crippen molar-refractivity contribution in [3.05, 3.63) is 111 Å². The fraction of sp³-hybridized carbons (Fsp3) is 0.172. The van der Waals surface area contributed by atoms with Crippen LogP contribution >= 0.6 is 0 Å². The first kappa shape index (κ1) is 24.2. The lowest BCUT2D eigenvalue weighted by Crippen LogP contribution is -2.44. The third-order valence-corrected chi connectivity index (χ3v) is 7.62. The first-order chi connectivity index (χ1) is 18.8. The van der Waals surface area contributed by atoms with Crippen LogP contribution in [0.4, 0.5) is 11.4 Å². The molecule has 3 aromatic rings. The number of carbonyl (C=O) groups is 4. The van der Waals surface area contributed by atoms with Gasteiger partial charge < -0.3 is 9.64 Å². The Labute approximate surface area is 222 Å². The van der Waals surface area contributed by atoms with Crippen molar-refractivity contribution in [2.75, 3.05) is 12.0 Å². The minimum atomic E-state index is -1.10. The van der Waals surface area contributed by atoms with E-state index in [0.29, 0.717) is 0 Å². The molecule has 0 N–H and O–H groups in total. The van der Waals surface area contributed by atoms with Crippen LogP contribution in [0.1, 0.15) is 37.9 Å². The minimum absolute atomic E-state index is 0.0454. The highest BCUT2D eigenvalue weighted by molar-refractivity contribution is 6.26. The molecule has 0 unspecified atom stereocenters. The smallest absolute Gasteiger partial charge is 0.339 e. The topological polar surface area (TPSA) is 127 Å². The number of hydrogen-bond donors (Lipinski definition) is 0. The number of ketones is 1. The van der Waals surface area contributed by atoms with Gasteiger partial charge in [-0.3, -0.25) is 24.5 Å². The number of Topliss-reactive ketones (excluding diaryl/α,β-unsaturated/α-hetero) is 1. The highest BCUT2D eigenvalue weighted by Crippen LogP contribution is 2.54. The van der Waals surface area contributed by atoms with Gasteiger partial charge in [0.25, 0.3) is 5.69 Å². The predicted molar refractivity (Wildman–Crippen MR) is 139 cm³/mol. The van der Waals surface area contributed by atoms with E-state index in [1.165, 1.54) is 43.5 Å². The third-order valence-electron chi connectivity index (χ3n) is 7.62. The van der Waals surface area contributed by atoms with Crippen LogP contribution in [0.25, 0.3) is 6.08 Å². The number of esters is 1. The molecule has 0 radical (unpaired) electrons. The van der Waals surface area contributed by atoms with Crippen molar-refractivity contribution in [3.63, 3.8) is 0 Å². The molecule has 3 aliphatic rings. The molecule has 3 aromatic carbocycles. The molecule has 10 heteroatoms. The first-order valence-electron chi connectivity index (χ1n) is 12.2. The van der Waals surface area contributed by atoms with Gasteiger partial charge in [0.05, 0.1) is 41.2 Å². The summed E-state index contributed by atoms with van der Waals surface area (Å²) < 4.78 is 4.87. The average molecular weight is 524 g/mol. The maximum Gasteiger partial charge on any atom is 0.339 e. The molecular formula is C29H21N3O7. The van der Waals surface area contributed by atoms with Gasteiger partial charge in [-0.05, 0) is 29.3 Å². The monoisotopic (exact) mass is 523 g/mol. The Morgan fingerprint density at radius 3 is 2.41 bits per heavy atom. The van der Waals surface area contributed by atoms with Crippen molar-refractivity contribution in [1.29, 1.82) is 0 Å². The van der Waals surface area contributed by atoms with E-state index < -0.39 is 52.4 Å². The van der Waals surface area contributed by atoms with Crippen molar-refractivity contribution in [2.45, 2.75) is 12.1 Å². The molecule has 0 saturated carbocycles. The van der Waals surface area contributed by atoms with E-state index in [1.807, 2.05) is 30.3 Å². The minimum Gasteiger partial charge on any atom is -0.465 e. The number of nitrogens with zero attached hydrogens (tertiary/aromatic N) is 3. The van der Waals surface area contributed by atoms with Gasteiger partial charge in [0.1, 0.15) is 6.04 Å². The van der Waals surface area contributed by atoms with Gasteiger partial charge in [-0.1, -0.05) is 48.5 Å². The summed E-state index contributed by atoms with van der Waals surface area (Å²) in [5.74, 6) is -4.39. The fourth-order valence-electron chi connectivity index (χ4n) is 5.99. The Bertz CT molecular complexity index is 1610. The van der Waals surface area contributed by atoms with Crippen molar-refractivity contribution in [1.82, 2.24) is 4.90 Å². The summed E-state index contributed by atoms with van der Waals surface area (Å²) in [6.07, 6.45) is 3.53. The van der Waals surface area contributed by atoms with E-state index in [-0.39, 0.29) is 22.5 Å². The van der Waals surface area contributed by atoms with Gasteiger partial charge in [-0.2, -0.15) is 0 Å². The molecule has 3 aliphatic heterocycles. The number of imide groups is 1. The number of para-hydroxylation sites is 1. The van der Waals surface area contributed by atoms with Crippen LogP contribution in [0.5, 0.6) is 0 Å². The number of amides is 2. The molecule has 6 rings (SSSR count). The Kier molecular flexibility index (Phi) is 5.60. The number of fused-ring (bicyclic) bond motifs is 5. The SMILES string of the molecule is COC(=O)c1ccccc1N1C(=O)[C@@H]2[C@@H](C1=O)[C@@H]1c3ccccc3C=CN1[C@@H]2C(=O)c1cccc([N+](=O)[O-])c1. The molecule has 2 saturated heterocycles. The Balaban J connectivity index is 1.51. The number of nitro benzene ring substituents is 1. The van der Waals surface area contributed by atoms with Gasteiger partial charge in [0.15, 0.2) is 5.78 Å². The van der Waals surface area contributed by atoms with Gasteiger partial charge >= 0.3 is 5.97 Å². The highest BCUT2D eigenvalue weighted by atomic mass is 16.6. The predicted octanol–water partition coefficient (Wildman–Crippen LogP) is 3.78. The Hall–Kier alpha value is -5.12. The Morgan fingerprint density at radius 1 is 0.923 bits per heavy atom. The lowest BCUT2D eigenvalue weighted by atomic mass is 9.83. The number of benzene rings is 3. The van der Waals surface area contributed by atoms with Crippen LogP contribution in [-0.2, 0) is 14.3 Å². The normalized spacial score (nSPS) is 22.8. The zero-order valence-corrected chi connectivity index (χ0v) is 20.6. The van der Waals surface area contributed by atoms with Crippen molar-refractivity contribution >= 4 is 41.0 Å². The van der Waals surface area contributed by atoms with Crippen LogP contribution in [-0.4, -0.2) is 46.5 Å². The standard InChI is InChI=1S/C29H21N3O7/c1-39-29(36)20-11-4-5-12-21(20)31-27(34)22-23(28(31)35)25(26(33)17-8-6-9-18(15-17)32(37)38)30-14-13-16-7-2-3-10-19(16)24(22)30/h2-15,22-25H,1H3/t22-,23-,24+,25+/m1/s1. The summed E-state index contributed by atoms with van der Waals surface area (Å²) in [6.45, 7) is 0. The zero-order valence-electron chi connectivity index (χ0n) is 20.6. The number of hydrogen-bond acceptors (Lipinski definition) is 8. The van der Waals surface area contributed by atoms with E-state index in [4.69, 9.17) is 4.74 Å². The number of carbonyl (C=O) groups excluding carboxylic acids is 4. The van der Waals surface area contributed by atoms with Crippen LogP contribution < -0.4 is 4.90 Å². The van der Waals surface area contributed by atoms with Crippen LogP contribution in [0, 0.1) is 22.0 Å². The maximum absolute atomic E-state index is 14.1. The highest BCUT2D eigenvalue weighted by Gasteiger charge is 2.64. The van der Waals surface area contributed by atoms with Gasteiger partial charge in [0.2, 0.25) is 11.8 Å². The Morgan fingerprint density at radius 2 is 1.64 bits per heavy atom. The zero-order chi connectivity index (χ0) is 27.4. The molecule has 10 nitrogen and oxygen atoms in total. The number of anilines is 1. The lowest BCUT2D eigenvalue weighted by Gasteiger charge is -2.35. The molecular weight excluding hydrogens is 502 g/mol. The molecule has 194 valence electrons. The van der Waals surface area contributed by atoms with E-state index in [1.54, 1.807) is 23.2 Å². The summed E-state index contributed by atoms with van der Waals surface area (Å²) in [5, 5.41) is 11.4. The second kappa shape index (κ2) is 9.02. The summed E-state index contributed by atoms with van der Waals surface area (Å²) in [4.78, 5) is 68.1. The lowest BCUT2D eigenvalue weighted by molar-refractivity contribution is -0.384. The largest absolute Gasteiger partial charge is 0.465 e. The summed E-state index contributed by atoms with van der Waals surface area (Å²) >= 11 is 0. The maximum atomic E-state index is 14.1. The number of rotatable bonds is 5. The third kappa shape index (κ3) is 3.56. The molecule has 0 aliphatic carbocycles. The van der Waals surface area contributed by atoms with E-state index in [9.17, 15) is 29.3 Å². The van der Waals surface area contributed by atoms with Crippen LogP contribution in [0.2, 0.25) is 0 Å². The van der Waals surface area contributed by atoms with Gasteiger partial charge in [-0.25, -0.2) is 9.69 Å². The van der Waals surface area contributed by atoms with Gasteiger partial charge in [0, 0.05) is 23.9 Å². The van der Waals surface area contributed by atoms with Gasteiger partial charge in [-0.15, -0.1) is 0 Å². The number of ether oxygens (including phenoxy) is 1. The number of nitro groups is 1. The molecule has 4 atom stereocenters. The van der Waals surface area contributed by atoms with Crippen LogP contribution in [0.3, 0.4) is 0 Å². The number of non-ortho nitro benzene ring substituents is 1. The van der Waals surface area contributed by atoms with E-state index in [2.05, 4.69) is 0 Å². The first-order valence-corrected chi connectivity index (χ1v) is 12.2. The summed E-state index contributed by atoms with van der Waals surface area (Å²) in [7, 11) is 1.21. The molecule has 2 amide bonds. The van der Waals surface area contributed by atoms with Crippen LogP contribution in [0.15, 0.2) is 79.0 Å². The second-order valence-electron chi connectivity index (χ2n) is 9.53. The van der Waals surface area contributed by atoms with Crippen molar-refractivity contribution in [3.8, 4) is 0 Å². The molecule has 2 fully saturated rings. The van der Waals surface area contributed by atoms with E-state index >= 15 is 0 Å². The van der Waals surface area contributed by atoms with Crippen molar-refractivity contribution < 1.29 is 28.8 Å². The van der Waals surface area contributed by atoms with Crippen molar-refractivity contribution in [2.24, 2.45) is 11.8 Å². The molecule has 0 bridgehead atoms. The average Bonchev–Trinajstić information content (AvgIpc) is 3.44. The van der Waals surface area contributed by atoms with E-state index in [0.717, 1.165) is 16.0 Å². The molecule has 0 aromatic heterocycles. The number of methoxy groups -OCH3 is 1. The second-order valence-corrected chi connectivity index (χ2v) is 9.53. The summed E-state index contributed by atoms with van der Waals surface area (Å²) in [5.41, 5.74) is 1.58. The molecule has 39 heavy (non-hydrogen) atoms. The molecule has 0 spiro atoms.